The zero-order valence-corrected chi connectivity index (χ0v) is 12.4. The van der Waals surface area contributed by atoms with Crippen molar-refractivity contribution in [2.75, 3.05) is 20.1 Å². The van der Waals surface area contributed by atoms with E-state index in [0.717, 1.165) is 17.8 Å². The Balaban J connectivity index is 1.81. The molecule has 0 aliphatic heterocycles. The number of likely N-dealkylation sites (N-methyl/N-ethyl adjacent to an activating group) is 1. The summed E-state index contributed by atoms with van der Waals surface area (Å²) in [6.07, 6.45) is 0.954. The number of carbonyl (C=O) groups excluding carboxylic acids is 1. The van der Waals surface area contributed by atoms with Crippen LogP contribution in [0.15, 0.2) is 42.5 Å². The SMILES string of the molecule is CN(CCc1ccccc1)CC(=O)c1ccc(Cl)s1. The van der Waals surface area contributed by atoms with E-state index in [9.17, 15) is 4.79 Å². The van der Waals surface area contributed by atoms with E-state index in [1.165, 1.54) is 16.9 Å². The van der Waals surface area contributed by atoms with Gasteiger partial charge in [-0.2, -0.15) is 0 Å². The fourth-order valence-electron chi connectivity index (χ4n) is 1.83. The van der Waals surface area contributed by atoms with E-state index in [2.05, 4.69) is 12.1 Å². The Morgan fingerprint density at radius 1 is 1.21 bits per heavy atom. The van der Waals surface area contributed by atoms with E-state index in [1.54, 1.807) is 12.1 Å². The van der Waals surface area contributed by atoms with Crippen LogP contribution >= 0.6 is 22.9 Å². The molecule has 0 saturated heterocycles. The summed E-state index contributed by atoms with van der Waals surface area (Å²) < 4.78 is 0.662. The molecule has 0 atom stereocenters. The highest BCUT2D eigenvalue weighted by Gasteiger charge is 2.11. The molecule has 0 aliphatic carbocycles. The van der Waals surface area contributed by atoms with Crippen molar-refractivity contribution >= 4 is 28.7 Å². The fourth-order valence-corrected chi connectivity index (χ4v) is 2.80. The summed E-state index contributed by atoms with van der Waals surface area (Å²) in [5.74, 6) is 0.132. The molecule has 100 valence electrons. The Labute approximate surface area is 122 Å². The Kier molecular flexibility index (Phi) is 5.14. The summed E-state index contributed by atoms with van der Waals surface area (Å²) >= 11 is 7.18. The summed E-state index contributed by atoms with van der Waals surface area (Å²) in [4.78, 5) is 14.8. The van der Waals surface area contributed by atoms with E-state index in [1.807, 2.05) is 30.1 Å². The second-order valence-corrected chi connectivity index (χ2v) is 6.22. The van der Waals surface area contributed by atoms with Crippen molar-refractivity contribution in [1.29, 1.82) is 0 Å². The maximum atomic E-state index is 12.0. The van der Waals surface area contributed by atoms with Gasteiger partial charge in [0.05, 0.1) is 15.8 Å². The van der Waals surface area contributed by atoms with Gasteiger partial charge in [0.2, 0.25) is 0 Å². The largest absolute Gasteiger partial charge is 0.299 e. The average Bonchev–Trinajstić information content (AvgIpc) is 2.84. The van der Waals surface area contributed by atoms with Gasteiger partial charge >= 0.3 is 0 Å². The zero-order chi connectivity index (χ0) is 13.7. The first kappa shape index (κ1) is 14.3. The van der Waals surface area contributed by atoms with Gasteiger partial charge in [-0.25, -0.2) is 0 Å². The molecule has 0 spiro atoms. The minimum atomic E-state index is 0.132. The van der Waals surface area contributed by atoms with Gasteiger partial charge < -0.3 is 0 Å². The van der Waals surface area contributed by atoms with Gasteiger partial charge in [0, 0.05) is 6.54 Å². The van der Waals surface area contributed by atoms with Crippen molar-refractivity contribution in [3.05, 3.63) is 57.2 Å². The first-order valence-corrected chi connectivity index (χ1v) is 7.35. The Bertz CT molecular complexity index is 538. The normalized spacial score (nSPS) is 10.9. The van der Waals surface area contributed by atoms with Gasteiger partial charge in [-0.15, -0.1) is 11.3 Å². The monoisotopic (exact) mass is 293 g/mol. The molecular weight excluding hydrogens is 278 g/mol. The molecule has 2 nitrogen and oxygen atoms in total. The van der Waals surface area contributed by atoms with Crippen molar-refractivity contribution in [2.24, 2.45) is 0 Å². The predicted octanol–water partition coefficient (Wildman–Crippen LogP) is 3.76. The van der Waals surface area contributed by atoms with Crippen LogP contribution in [0.3, 0.4) is 0 Å². The number of hydrogen-bond acceptors (Lipinski definition) is 3. The van der Waals surface area contributed by atoms with E-state index >= 15 is 0 Å². The highest BCUT2D eigenvalue weighted by Crippen LogP contribution is 2.21. The average molecular weight is 294 g/mol. The van der Waals surface area contributed by atoms with Gasteiger partial charge in [-0.05, 0) is 31.2 Å². The molecule has 1 aromatic heterocycles. The van der Waals surface area contributed by atoms with Gasteiger partial charge in [0.15, 0.2) is 5.78 Å². The molecule has 2 aromatic rings. The van der Waals surface area contributed by atoms with Crippen LogP contribution in [0.2, 0.25) is 4.34 Å². The molecule has 4 heteroatoms. The summed E-state index contributed by atoms with van der Waals surface area (Å²) in [6.45, 7) is 1.30. The summed E-state index contributed by atoms with van der Waals surface area (Å²) in [7, 11) is 1.97. The number of Topliss-reactive ketones (excluding diaryl/α,β-unsaturated/α-hetero) is 1. The maximum Gasteiger partial charge on any atom is 0.186 e. The van der Waals surface area contributed by atoms with Crippen molar-refractivity contribution in [3.8, 4) is 0 Å². The minimum Gasteiger partial charge on any atom is -0.299 e. The molecule has 0 bridgehead atoms. The lowest BCUT2D eigenvalue weighted by molar-refractivity contribution is 0.0951. The van der Waals surface area contributed by atoms with Gasteiger partial charge in [0.1, 0.15) is 0 Å². The van der Waals surface area contributed by atoms with Crippen LogP contribution in [0.4, 0.5) is 0 Å². The van der Waals surface area contributed by atoms with Crippen LogP contribution in [0.5, 0.6) is 0 Å². The smallest absolute Gasteiger partial charge is 0.186 e. The summed E-state index contributed by atoms with van der Waals surface area (Å²) in [5, 5.41) is 0. The minimum absolute atomic E-state index is 0.132. The van der Waals surface area contributed by atoms with Crippen molar-refractivity contribution in [1.82, 2.24) is 4.90 Å². The molecule has 1 heterocycles. The van der Waals surface area contributed by atoms with E-state index in [4.69, 9.17) is 11.6 Å². The Morgan fingerprint density at radius 3 is 2.58 bits per heavy atom. The van der Waals surface area contributed by atoms with E-state index in [0.29, 0.717) is 10.9 Å². The number of benzene rings is 1. The first-order valence-electron chi connectivity index (χ1n) is 6.16. The number of carbonyl (C=O) groups is 1. The second-order valence-electron chi connectivity index (χ2n) is 4.50. The van der Waals surface area contributed by atoms with Crippen LogP contribution in [-0.2, 0) is 6.42 Å². The van der Waals surface area contributed by atoms with Crippen molar-refractivity contribution in [2.45, 2.75) is 6.42 Å². The molecule has 1 aromatic carbocycles. The van der Waals surface area contributed by atoms with Gasteiger partial charge in [-0.3, -0.25) is 9.69 Å². The van der Waals surface area contributed by atoms with Crippen LogP contribution in [0.25, 0.3) is 0 Å². The molecule has 0 aliphatic rings. The molecule has 0 unspecified atom stereocenters. The first-order chi connectivity index (χ1) is 9.15. The number of halogens is 1. The van der Waals surface area contributed by atoms with Crippen molar-refractivity contribution in [3.63, 3.8) is 0 Å². The Morgan fingerprint density at radius 2 is 1.95 bits per heavy atom. The third-order valence-corrected chi connectivity index (χ3v) is 4.16. The molecule has 0 N–H and O–H groups in total. The third-order valence-electron chi connectivity index (χ3n) is 2.89. The zero-order valence-electron chi connectivity index (χ0n) is 10.8. The topological polar surface area (TPSA) is 20.3 Å². The quantitative estimate of drug-likeness (QED) is 0.756. The molecule has 0 amide bonds. The second kappa shape index (κ2) is 6.85. The van der Waals surface area contributed by atoms with Gasteiger partial charge in [0.25, 0.3) is 0 Å². The Hall–Kier alpha value is -1.16. The molecule has 19 heavy (non-hydrogen) atoms. The standard InChI is InChI=1S/C15H16ClNOS/c1-17(10-9-12-5-3-2-4-6-12)11-13(18)14-7-8-15(16)19-14/h2-8H,9-11H2,1H3. The van der Waals surface area contributed by atoms with E-state index in [-0.39, 0.29) is 5.78 Å². The molecule has 2 rings (SSSR count). The molecular formula is C15H16ClNOS. The highest BCUT2D eigenvalue weighted by molar-refractivity contribution is 7.18. The lowest BCUT2D eigenvalue weighted by atomic mass is 10.1. The number of thiophene rings is 1. The summed E-state index contributed by atoms with van der Waals surface area (Å²) in [5.41, 5.74) is 1.29. The highest BCUT2D eigenvalue weighted by atomic mass is 35.5. The van der Waals surface area contributed by atoms with Crippen LogP contribution in [-0.4, -0.2) is 30.8 Å². The number of hydrogen-bond donors (Lipinski definition) is 0. The van der Waals surface area contributed by atoms with E-state index < -0.39 is 0 Å². The molecule has 0 fully saturated rings. The number of nitrogens with zero attached hydrogens (tertiary/aromatic N) is 1. The lowest BCUT2D eigenvalue weighted by Gasteiger charge is -2.15. The van der Waals surface area contributed by atoms with Crippen LogP contribution < -0.4 is 0 Å². The maximum absolute atomic E-state index is 12.0. The van der Waals surface area contributed by atoms with Crippen LogP contribution in [0.1, 0.15) is 15.2 Å². The number of rotatable bonds is 6. The predicted molar refractivity (Wildman–Crippen MR) is 81.3 cm³/mol. The fraction of sp³-hybridized carbons (Fsp3) is 0.267. The summed E-state index contributed by atoms with van der Waals surface area (Å²) in [6, 6.07) is 13.9. The van der Waals surface area contributed by atoms with Crippen LogP contribution in [0, 0.1) is 0 Å². The number of ketones is 1. The molecule has 0 saturated carbocycles. The van der Waals surface area contributed by atoms with Gasteiger partial charge in [-0.1, -0.05) is 41.9 Å². The van der Waals surface area contributed by atoms with Crippen molar-refractivity contribution < 1.29 is 4.79 Å². The lowest BCUT2D eigenvalue weighted by Crippen LogP contribution is -2.27. The third kappa shape index (κ3) is 4.46. The molecule has 0 radical (unpaired) electrons.